The van der Waals surface area contributed by atoms with Gasteiger partial charge in [0, 0.05) is 18.8 Å². The van der Waals surface area contributed by atoms with Crippen LogP contribution in [0.1, 0.15) is 33.6 Å². The minimum Gasteiger partial charge on any atom is -0.398 e. The van der Waals surface area contributed by atoms with E-state index in [1.165, 1.54) is 18.2 Å². The Bertz CT molecular complexity index is 732. The summed E-state index contributed by atoms with van der Waals surface area (Å²) in [7, 11) is 0. The molecule has 6 nitrogen and oxygen atoms in total. The fraction of sp³-hybridized carbons (Fsp3) is 0.400. The number of carbonyl (C=O) groups excluding carboxylic acids is 3. The summed E-state index contributed by atoms with van der Waals surface area (Å²) >= 11 is 0. The van der Waals surface area contributed by atoms with Crippen molar-refractivity contribution in [2.75, 3.05) is 18.8 Å². The third kappa shape index (κ3) is 2.49. The zero-order valence-corrected chi connectivity index (χ0v) is 12.5. The summed E-state index contributed by atoms with van der Waals surface area (Å²) in [5.41, 5.74) is 6.09. The third-order valence-electron chi connectivity index (χ3n) is 4.27. The van der Waals surface area contributed by atoms with E-state index in [4.69, 9.17) is 5.73 Å². The van der Waals surface area contributed by atoms with E-state index in [2.05, 4.69) is 0 Å². The highest BCUT2D eigenvalue weighted by atomic mass is 19.4. The van der Waals surface area contributed by atoms with Crippen LogP contribution in [0.15, 0.2) is 18.2 Å². The van der Waals surface area contributed by atoms with Gasteiger partial charge in [-0.15, -0.1) is 0 Å². The summed E-state index contributed by atoms with van der Waals surface area (Å²) in [4.78, 5) is 37.9. The minimum absolute atomic E-state index is 0.0554. The van der Waals surface area contributed by atoms with Gasteiger partial charge < -0.3 is 10.6 Å². The molecule has 2 aliphatic rings. The second-order valence-electron chi connectivity index (χ2n) is 5.80. The van der Waals surface area contributed by atoms with Crippen molar-refractivity contribution < 1.29 is 27.6 Å². The lowest BCUT2D eigenvalue weighted by Gasteiger charge is -2.36. The number of fused-ring (bicyclic) bond motifs is 1. The molecule has 0 spiro atoms. The van der Waals surface area contributed by atoms with Crippen LogP contribution in [-0.2, 0) is 4.79 Å². The Hall–Kier alpha value is -2.58. The molecule has 2 N–H and O–H groups in total. The number of amides is 3. The first kappa shape index (κ1) is 16.3. The summed E-state index contributed by atoms with van der Waals surface area (Å²) in [5.74, 6) is -3.17. The first-order valence-corrected chi connectivity index (χ1v) is 7.34. The van der Waals surface area contributed by atoms with E-state index in [0.29, 0.717) is 11.3 Å². The van der Waals surface area contributed by atoms with Crippen molar-refractivity contribution in [2.24, 2.45) is 0 Å². The third-order valence-corrected chi connectivity index (χ3v) is 4.27. The first-order chi connectivity index (χ1) is 11.2. The fourth-order valence-electron chi connectivity index (χ4n) is 3.19. The highest BCUT2D eigenvalue weighted by Gasteiger charge is 2.47. The van der Waals surface area contributed by atoms with Gasteiger partial charge in [0.25, 0.3) is 11.8 Å². The molecular weight excluding hydrogens is 327 g/mol. The molecule has 3 amide bonds. The molecule has 0 radical (unpaired) electrons. The lowest BCUT2D eigenvalue weighted by atomic mass is 10.0. The van der Waals surface area contributed by atoms with Crippen LogP contribution in [0.25, 0.3) is 0 Å². The Morgan fingerprint density at radius 2 is 1.92 bits per heavy atom. The molecule has 1 unspecified atom stereocenters. The van der Waals surface area contributed by atoms with Gasteiger partial charge in [0.05, 0.1) is 17.2 Å². The molecule has 1 atom stereocenters. The lowest BCUT2D eigenvalue weighted by molar-refractivity contribution is -0.187. The van der Waals surface area contributed by atoms with Crippen LogP contribution in [0.3, 0.4) is 0 Å². The van der Waals surface area contributed by atoms with E-state index < -0.39 is 29.9 Å². The van der Waals surface area contributed by atoms with Crippen molar-refractivity contribution in [3.63, 3.8) is 0 Å². The number of nitrogen functional groups attached to an aromatic ring is 1. The number of carbonyl (C=O) groups is 3. The zero-order valence-electron chi connectivity index (χ0n) is 12.5. The van der Waals surface area contributed by atoms with E-state index >= 15 is 0 Å². The summed E-state index contributed by atoms with van der Waals surface area (Å²) < 4.78 is 37.8. The van der Waals surface area contributed by atoms with Gasteiger partial charge in [0.1, 0.15) is 0 Å². The number of piperidine rings is 1. The molecule has 2 heterocycles. The van der Waals surface area contributed by atoms with Crippen LogP contribution < -0.4 is 5.73 Å². The second kappa shape index (κ2) is 5.50. The number of nitrogens with two attached hydrogens (primary N) is 1. The van der Waals surface area contributed by atoms with Crippen molar-refractivity contribution >= 4 is 23.4 Å². The van der Waals surface area contributed by atoms with Crippen LogP contribution in [-0.4, -0.2) is 52.8 Å². The van der Waals surface area contributed by atoms with Crippen LogP contribution >= 0.6 is 0 Å². The number of imide groups is 1. The van der Waals surface area contributed by atoms with Gasteiger partial charge in [-0.05, 0) is 25.0 Å². The molecule has 0 aliphatic carbocycles. The molecule has 0 bridgehead atoms. The Kier molecular flexibility index (Phi) is 3.73. The number of likely N-dealkylation sites (tertiary alicyclic amines) is 1. The number of nitrogens with zero attached hydrogens (tertiary/aromatic N) is 2. The standard InChI is InChI=1S/C15H14F3N3O3/c16-15(17,18)14(24)20-6-2-3-8(7-20)21-12(22)9-4-1-5-10(19)11(9)13(21)23/h1,4-5,8H,2-3,6-7,19H2. The average Bonchev–Trinajstić information content (AvgIpc) is 2.78. The quantitative estimate of drug-likeness (QED) is 0.618. The van der Waals surface area contributed by atoms with Gasteiger partial charge in [-0.2, -0.15) is 13.2 Å². The SMILES string of the molecule is Nc1cccc2c1C(=O)N(C1CCCN(C(=O)C(F)(F)F)C1)C2=O. The second-order valence-corrected chi connectivity index (χ2v) is 5.80. The van der Waals surface area contributed by atoms with Gasteiger partial charge in [-0.25, -0.2) is 0 Å². The molecule has 128 valence electrons. The maximum absolute atomic E-state index is 12.6. The van der Waals surface area contributed by atoms with Gasteiger partial charge in [0.15, 0.2) is 0 Å². The van der Waals surface area contributed by atoms with E-state index in [-0.39, 0.29) is 36.3 Å². The van der Waals surface area contributed by atoms with Crippen LogP contribution in [0, 0.1) is 0 Å². The van der Waals surface area contributed by atoms with Crippen molar-refractivity contribution in [1.82, 2.24) is 9.80 Å². The predicted molar refractivity (Wildman–Crippen MR) is 77.0 cm³/mol. The molecule has 9 heteroatoms. The van der Waals surface area contributed by atoms with Gasteiger partial charge in [-0.3, -0.25) is 19.3 Å². The monoisotopic (exact) mass is 341 g/mol. The number of anilines is 1. The van der Waals surface area contributed by atoms with Crippen LogP contribution in [0.5, 0.6) is 0 Å². The molecule has 3 rings (SSSR count). The molecule has 1 aromatic carbocycles. The van der Waals surface area contributed by atoms with Gasteiger partial charge in [0.2, 0.25) is 0 Å². The molecule has 2 aliphatic heterocycles. The Morgan fingerprint density at radius 3 is 2.54 bits per heavy atom. The summed E-state index contributed by atoms with van der Waals surface area (Å²) in [5, 5.41) is 0. The molecule has 1 fully saturated rings. The molecule has 0 saturated carbocycles. The van der Waals surface area contributed by atoms with Crippen molar-refractivity contribution in [1.29, 1.82) is 0 Å². The Balaban J connectivity index is 1.85. The maximum Gasteiger partial charge on any atom is 0.471 e. The average molecular weight is 341 g/mol. The summed E-state index contributed by atoms with van der Waals surface area (Å²) in [6.45, 7) is -0.385. The highest BCUT2D eigenvalue weighted by molar-refractivity contribution is 6.23. The number of hydrogen-bond donors (Lipinski definition) is 1. The zero-order chi connectivity index (χ0) is 17.6. The van der Waals surface area contributed by atoms with Gasteiger partial charge in [-0.1, -0.05) is 6.07 Å². The van der Waals surface area contributed by atoms with E-state index in [0.717, 1.165) is 4.90 Å². The summed E-state index contributed by atoms with van der Waals surface area (Å²) in [6, 6.07) is 3.67. The van der Waals surface area contributed by atoms with Gasteiger partial charge >= 0.3 is 12.1 Å². The highest BCUT2D eigenvalue weighted by Crippen LogP contribution is 2.32. The molecule has 1 saturated heterocycles. The van der Waals surface area contributed by atoms with Crippen LogP contribution in [0.4, 0.5) is 18.9 Å². The molecular formula is C15H14F3N3O3. The molecule has 24 heavy (non-hydrogen) atoms. The van der Waals surface area contributed by atoms with Crippen molar-refractivity contribution in [2.45, 2.75) is 25.1 Å². The number of benzene rings is 1. The Labute approximate surface area is 135 Å². The molecule has 0 aromatic heterocycles. The topological polar surface area (TPSA) is 83.7 Å². The minimum atomic E-state index is -4.98. The lowest BCUT2D eigenvalue weighted by Crippen LogP contribution is -2.54. The van der Waals surface area contributed by atoms with Crippen molar-refractivity contribution in [3.8, 4) is 0 Å². The largest absolute Gasteiger partial charge is 0.471 e. The number of rotatable bonds is 1. The summed E-state index contributed by atoms with van der Waals surface area (Å²) in [6.07, 6.45) is -4.36. The first-order valence-electron chi connectivity index (χ1n) is 7.34. The fourth-order valence-corrected chi connectivity index (χ4v) is 3.19. The van der Waals surface area contributed by atoms with E-state index in [1.54, 1.807) is 0 Å². The Morgan fingerprint density at radius 1 is 1.21 bits per heavy atom. The van der Waals surface area contributed by atoms with E-state index in [9.17, 15) is 27.6 Å². The van der Waals surface area contributed by atoms with Crippen molar-refractivity contribution in [3.05, 3.63) is 29.3 Å². The smallest absolute Gasteiger partial charge is 0.398 e. The normalized spacial score (nSPS) is 21.2. The number of halogens is 3. The van der Waals surface area contributed by atoms with Crippen LogP contribution in [0.2, 0.25) is 0 Å². The maximum atomic E-state index is 12.6. The molecule has 1 aromatic rings. The predicted octanol–water partition coefficient (Wildman–Crippen LogP) is 1.42. The number of hydrogen-bond acceptors (Lipinski definition) is 4. The number of alkyl halides is 3. The van der Waals surface area contributed by atoms with E-state index in [1.807, 2.05) is 0 Å².